The number of aromatic hydroxyl groups is 1. The molecule has 2 rings (SSSR count). The summed E-state index contributed by atoms with van der Waals surface area (Å²) in [7, 11) is 0. The number of benzene rings is 1. The Morgan fingerprint density at radius 2 is 2.00 bits per heavy atom. The highest BCUT2D eigenvalue weighted by molar-refractivity contribution is 9.10. The van der Waals surface area contributed by atoms with Crippen LogP contribution in [0.1, 0.15) is 29.5 Å². The number of carbonyl (C=O) groups is 1. The van der Waals surface area contributed by atoms with Gasteiger partial charge in [-0.3, -0.25) is 4.79 Å². The molecule has 1 aliphatic carbocycles. The second-order valence-corrected chi connectivity index (χ2v) is 5.21. The van der Waals surface area contributed by atoms with Crippen molar-refractivity contribution in [3.8, 4) is 5.75 Å². The maximum atomic E-state index is 11.2. The lowest BCUT2D eigenvalue weighted by Crippen LogP contribution is -2.20. The molecule has 1 aromatic carbocycles. The van der Waals surface area contributed by atoms with Gasteiger partial charge in [-0.15, -0.1) is 0 Å². The number of phenolic OH excluding ortho intramolecular Hbond substituents is 1. The van der Waals surface area contributed by atoms with Crippen LogP contribution in [0, 0.1) is 13.8 Å². The molecular weight excluding hydrogens is 272 g/mol. The van der Waals surface area contributed by atoms with E-state index in [0.717, 1.165) is 11.1 Å². The van der Waals surface area contributed by atoms with Gasteiger partial charge in [-0.2, -0.15) is 0 Å². The van der Waals surface area contributed by atoms with Crippen LogP contribution >= 0.6 is 15.9 Å². The summed E-state index contributed by atoms with van der Waals surface area (Å²) in [4.78, 5) is 11.2. The van der Waals surface area contributed by atoms with Crippen molar-refractivity contribution >= 4 is 21.9 Å². The lowest BCUT2D eigenvalue weighted by molar-refractivity contribution is -0.140. The van der Waals surface area contributed by atoms with Crippen LogP contribution < -0.4 is 0 Å². The fourth-order valence-corrected chi connectivity index (χ4v) is 2.48. The van der Waals surface area contributed by atoms with Crippen LogP contribution in [0.5, 0.6) is 5.75 Å². The smallest absolute Gasteiger partial charge is 0.314 e. The Morgan fingerprint density at radius 3 is 2.44 bits per heavy atom. The van der Waals surface area contributed by atoms with Gasteiger partial charge in [0.25, 0.3) is 0 Å². The summed E-state index contributed by atoms with van der Waals surface area (Å²) >= 11 is 3.31. The van der Waals surface area contributed by atoms with Crippen molar-refractivity contribution in [1.29, 1.82) is 0 Å². The van der Waals surface area contributed by atoms with Gasteiger partial charge in [-0.1, -0.05) is 6.07 Å². The molecule has 1 aliphatic rings. The third-order valence-electron chi connectivity index (χ3n) is 3.42. The van der Waals surface area contributed by atoms with E-state index in [4.69, 9.17) is 0 Å². The van der Waals surface area contributed by atoms with E-state index in [-0.39, 0.29) is 5.75 Å². The first-order chi connectivity index (χ1) is 7.40. The molecule has 16 heavy (non-hydrogen) atoms. The minimum Gasteiger partial charge on any atom is -0.506 e. The number of carboxylic acid groups (broad SMARTS) is 1. The zero-order valence-corrected chi connectivity index (χ0v) is 10.8. The number of halogens is 1. The molecule has 1 saturated carbocycles. The molecule has 0 bridgehead atoms. The molecule has 2 N–H and O–H groups in total. The van der Waals surface area contributed by atoms with Gasteiger partial charge in [-0.05, 0) is 53.7 Å². The fourth-order valence-electron chi connectivity index (χ4n) is 1.95. The number of hydrogen-bond donors (Lipinski definition) is 2. The van der Waals surface area contributed by atoms with Crippen molar-refractivity contribution in [3.63, 3.8) is 0 Å². The van der Waals surface area contributed by atoms with Crippen molar-refractivity contribution in [2.75, 3.05) is 0 Å². The summed E-state index contributed by atoms with van der Waals surface area (Å²) in [6.07, 6.45) is 1.20. The minimum absolute atomic E-state index is 0.0722. The molecular formula is C12H13BrO3. The SMILES string of the molecule is Cc1cc(C2(C(=O)O)CC2)c(O)c(Br)c1C. The van der Waals surface area contributed by atoms with E-state index in [2.05, 4.69) is 15.9 Å². The van der Waals surface area contributed by atoms with Crippen LogP contribution in [0.4, 0.5) is 0 Å². The quantitative estimate of drug-likeness (QED) is 0.878. The monoisotopic (exact) mass is 284 g/mol. The topological polar surface area (TPSA) is 57.5 Å². The van der Waals surface area contributed by atoms with Gasteiger partial charge >= 0.3 is 5.97 Å². The first-order valence-corrected chi connectivity index (χ1v) is 5.92. The van der Waals surface area contributed by atoms with Gasteiger partial charge in [0.05, 0.1) is 9.89 Å². The van der Waals surface area contributed by atoms with E-state index in [1.54, 1.807) is 6.07 Å². The van der Waals surface area contributed by atoms with Crippen LogP contribution in [0.2, 0.25) is 0 Å². The number of carboxylic acids is 1. The highest BCUT2D eigenvalue weighted by atomic mass is 79.9. The Kier molecular flexibility index (Phi) is 2.49. The molecule has 0 heterocycles. The first kappa shape index (κ1) is 11.5. The Bertz CT molecular complexity index is 476. The van der Waals surface area contributed by atoms with Crippen molar-refractivity contribution in [3.05, 3.63) is 27.2 Å². The van der Waals surface area contributed by atoms with Crippen LogP contribution in [0.25, 0.3) is 0 Å². The average Bonchev–Trinajstić information content (AvgIpc) is 3.01. The third-order valence-corrected chi connectivity index (χ3v) is 4.39. The molecule has 0 saturated heterocycles. The standard InChI is InChI=1S/C12H13BrO3/c1-6-5-8(10(14)9(13)7(6)2)12(3-4-12)11(15)16/h5,14H,3-4H2,1-2H3,(H,15,16). The van der Waals surface area contributed by atoms with E-state index in [0.29, 0.717) is 22.9 Å². The molecule has 0 unspecified atom stereocenters. The van der Waals surface area contributed by atoms with Crippen molar-refractivity contribution in [1.82, 2.24) is 0 Å². The molecule has 1 fully saturated rings. The second kappa shape index (κ2) is 3.48. The van der Waals surface area contributed by atoms with E-state index in [1.807, 2.05) is 13.8 Å². The minimum atomic E-state index is -0.856. The van der Waals surface area contributed by atoms with Crippen LogP contribution in [0.15, 0.2) is 10.5 Å². The number of rotatable bonds is 2. The zero-order valence-electron chi connectivity index (χ0n) is 9.17. The lowest BCUT2D eigenvalue weighted by Gasteiger charge is -2.16. The number of aliphatic carboxylic acids is 1. The Morgan fingerprint density at radius 1 is 1.44 bits per heavy atom. The Labute approximate surface area is 102 Å². The Balaban J connectivity index is 2.63. The molecule has 0 amide bonds. The molecule has 86 valence electrons. The molecule has 0 aliphatic heterocycles. The van der Waals surface area contributed by atoms with Gasteiger partial charge in [0.1, 0.15) is 5.75 Å². The maximum absolute atomic E-state index is 11.2. The molecule has 0 radical (unpaired) electrons. The second-order valence-electron chi connectivity index (χ2n) is 4.42. The largest absolute Gasteiger partial charge is 0.506 e. The molecule has 3 nitrogen and oxygen atoms in total. The summed E-state index contributed by atoms with van der Waals surface area (Å²) < 4.78 is 0.607. The van der Waals surface area contributed by atoms with Crippen molar-refractivity contribution < 1.29 is 15.0 Å². The summed E-state index contributed by atoms with van der Waals surface area (Å²) in [6.45, 7) is 3.81. The fraction of sp³-hybridized carbons (Fsp3) is 0.417. The van der Waals surface area contributed by atoms with Gasteiger partial charge in [-0.25, -0.2) is 0 Å². The number of phenols is 1. The average molecular weight is 285 g/mol. The highest BCUT2D eigenvalue weighted by Crippen LogP contribution is 2.53. The van der Waals surface area contributed by atoms with Gasteiger partial charge in [0.2, 0.25) is 0 Å². The van der Waals surface area contributed by atoms with Crippen LogP contribution in [-0.4, -0.2) is 16.2 Å². The van der Waals surface area contributed by atoms with Crippen molar-refractivity contribution in [2.45, 2.75) is 32.1 Å². The van der Waals surface area contributed by atoms with Crippen LogP contribution in [0.3, 0.4) is 0 Å². The molecule has 0 aromatic heterocycles. The maximum Gasteiger partial charge on any atom is 0.314 e. The molecule has 0 atom stereocenters. The van der Waals surface area contributed by atoms with Crippen molar-refractivity contribution in [2.24, 2.45) is 0 Å². The Hall–Kier alpha value is -1.03. The molecule has 0 spiro atoms. The van der Waals surface area contributed by atoms with Gasteiger partial charge < -0.3 is 10.2 Å². The molecule has 4 heteroatoms. The first-order valence-electron chi connectivity index (χ1n) is 5.12. The highest BCUT2D eigenvalue weighted by Gasteiger charge is 2.53. The number of hydrogen-bond acceptors (Lipinski definition) is 2. The lowest BCUT2D eigenvalue weighted by atomic mass is 9.92. The normalized spacial score (nSPS) is 17.2. The molecule has 1 aromatic rings. The van der Waals surface area contributed by atoms with Gasteiger partial charge in [0.15, 0.2) is 0 Å². The number of aryl methyl sites for hydroxylation is 1. The van der Waals surface area contributed by atoms with E-state index in [9.17, 15) is 15.0 Å². The summed E-state index contributed by atoms with van der Waals surface area (Å²) in [5.74, 6) is -0.777. The predicted molar refractivity (Wildman–Crippen MR) is 63.8 cm³/mol. The predicted octanol–water partition coefficient (Wildman–Crippen LogP) is 2.89. The van der Waals surface area contributed by atoms with E-state index in [1.165, 1.54) is 0 Å². The summed E-state index contributed by atoms with van der Waals surface area (Å²) in [6, 6.07) is 1.79. The third kappa shape index (κ3) is 1.44. The van der Waals surface area contributed by atoms with Gasteiger partial charge in [0, 0.05) is 5.56 Å². The summed E-state index contributed by atoms with van der Waals surface area (Å²) in [5.41, 5.74) is 1.62. The van der Waals surface area contributed by atoms with E-state index < -0.39 is 11.4 Å². The van der Waals surface area contributed by atoms with E-state index >= 15 is 0 Å². The van der Waals surface area contributed by atoms with Crippen LogP contribution in [-0.2, 0) is 10.2 Å². The summed E-state index contributed by atoms with van der Waals surface area (Å²) in [5, 5.41) is 19.2. The zero-order chi connectivity index (χ0) is 12.1.